The highest BCUT2D eigenvalue weighted by molar-refractivity contribution is 7.09. The van der Waals surface area contributed by atoms with Crippen molar-refractivity contribution in [3.8, 4) is 0 Å². The molecule has 0 aliphatic heterocycles. The van der Waals surface area contributed by atoms with Gasteiger partial charge in [-0.15, -0.1) is 11.3 Å². The zero-order valence-corrected chi connectivity index (χ0v) is 13.3. The lowest BCUT2D eigenvalue weighted by Crippen LogP contribution is -2.38. The highest BCUT2D eigenvalue weighted by Crippen LogP contribution is 2.14. The summed E-state index contributed by atoms with van der Waals surface area (Å²) in [5.74, 6) is 0. The fourth-order valence-corrected chi connectivity index (χ4v) is 2.60. The predicted octanol–water partition coefficient (Wildman–Crippen LogP) is 3.74. The van der Waals surface area contributed by atoms with E-state index < -0.39 is 0 Å². The van der Waals surface area contributed by atoms with Crippen molar-refractivity contribution < 1.29 is 0 Å². The van der Waals surface area contributed by atoms with E-state index in [0.29, 0.717) is 6.04 Å². The van der Waals surface area contributed by atoms with Crippen LogP contribution in [0.4, 0.5) is 0 Å². The molecule has 1 N–H and O–H groups in total. The van der Waals surface area contributed by atoms with Gasteiger partial charge in [-0.2, -0.15) is 0 Å². The molecule has 1 aromatic rings. The summed E-state index contributed by atoms with van der Waals surface area (Å²) in [5, 5.41) is 5.71. The van der Waals surface area contributed by atoms with Crippen LogP contribution in [0.5, 0.6) is 0 Å². The summed E-state index contributed by atoms with van der Waals surface area (Å²) in [6.45, 7) is 14.6. The molecule has 0 aliphatic rings. The van der Waals surface area contributed by atoms with Crippen LogP contribution in [0.2, 0.25) is 0 Å². The topological polar surface area (TPSA) is 15.3 Å². The summed E-state index contributed by atoms with van der Waals surface area (Å²) in [6, 6.07) is 4.98. The Hall–Kier alpha value is -0.380. The summed E-state index contributed by atoms with van der Waals surface area (Å²) in [6.07, 6.45) is 1.21. The van der Waals surface area contributed by atoms with Gasteiger partial charge in [0.05, 0.1) is 0 Å². The molecule has 0 amide bonds. The lowest BCUT2D eigenvalue weighted by atomic mass is 10.1. The van der Waals surface area contributed by atoms with Gasteiger partial charge < -0.3 is 5.32 Å². The third-order valence-electron chi connectivity index (χ3n) is 2.95. The zero-order chi connectivity index (χ0) is 13.6. The van der Waals surface area contributed by atoms with Crippen LogP contribution < -0.4 is 5.32 Å². The van der Waals surface area contributed by atoms with E-state index in [0.717, 1.165) is 13.1 Å². The zero-order valence-electron chi connectivity index (χ0n) is 12.5. The third-order valence-corrected chi connectivity index (χ3v) is 3.81. The van der Waals surface area contributed by atoms with Gasteiger partial charge in [0.15, 0.2) is 0 Å². The number of nitrogens with zero attached hydrogens (tertiary/aromatic N) is 1. The van der Waals surface area contributed by atoms with Gasteiger partial charge in [0.2, 0.25) is 0 Å². The normalized spacial score (nSPS) is 12.6. The van der Waals surface area contributed by atoms with Gasteiger partial charge in [-0.05, 0) is 65.6 Å². The van der Waals surface area contributed by atoms with Crippen molar-refractivity contribution in [1.82, 2.24) is 10.2 Å². The van der Waals surface area contributed by atoms with Crippen LogP contribution in [0, 0.1) is 0 Å². The molecule has 3 heteroatoms. The van der Waals surface area contributed by atoms with Crippen molar-refractivity contribution >= 4 is 11.3 Å². The summed E-state index contributed by atoms with van der Waals surface area (Å²) in [7, 11) is 0. The molecule has 0 saturated heterocycles. The smallest absolute Gasteiger partial charge is 0.0330 e. The second-order valence-corrected chi connectivity index (χ2v) is 7.21. The molecule has 0 spiro atoms. The summed E-state index contributed by atoms with van der Waals surface area (Å²) < 4.78 is 0. The number of hydrogen-bond donors (Lipinski definition) is 1. The lowest BCUT2D eigenvalue weighted by molar-refractivity contribution is 0.209. The van der Waals surface area contributed by atoms with Crippen LogP contribution in [0.25, 0.3) is 0 Å². The van der Waals surface area contributed by atoms with Crippen molar-refractivity contribution in [1.29, 1.82) is 0 Å². The van der Waals surface area contributed by atoms with Crippen LogP contribution in [0.3, 0.4) is 0 Å². The first kappa shape index (κ1) is 15.7. The Labute approximate surface area is 116 Å². The molecular weight excluding hydrogens is 240 g/mol. The van der Waals surface area contributed by atoms with E-state index >= 15 is 0 Å². The lowest BCUT2D eigenvalue weighted by Gasteiger charge is -2.27. The van der Waals surface area contributed by atoms with Gasteiger partial charge in [0.25, 0.3) is 0 Å². The van der Waals surface area contributed by atoms with Crippen LogP contribution in [0.1, 0.15) is 45.9 Å². The molecule has 0 radical (unpaired) electrons. The first-order valence-electron chi connectivity index (χ1n) is 6.90. The van der Waals surface area contributed by atoms with E-state index in [1.807, 2.05) is 11.3 Å². The number of thiophene rings is 1. The van der Waals surface area contributed by atoms with Crippen molar-refractivity contribution in [2.45, 2.75) is 59.2 Å². The molecule has 0 aromatic carbocycles. The van der Waals surface area contributed by atoms with Gasteiger partial charge in [-0.1, -0.05) is 6.07 Å². The molecular formula is C15H28N2S. The van der Waals surface area contributed by atoms with Crippen molar-refractivity contribution in [2.75, 3.05) is 13.1 Å². The Bertz CT molecular complexity index is 312. The van der Waals surface area contributed by atoms with Crippen molar-refractivity contribution in [3.63, 3.8) is 0 Å². The monoisotopic (exact) mass is 268 g/mol. The fraction of sp³-hybridized carbons (Fsp3) is 0.733. The number of hydrogen-bond acceptors (Lipinski definition) is 3. The second-order valence-electron chi connectivity index (χ2n) is 6.17. The van der Waals surface area contributed by atoms with E-state index in [1.165, 1.54) is 17.8 Å². The van der Waals surface area contributed by atoms with Gasteiger partial charge >= 0.3 is 0 Å². The van der Waals surface area contributed by atoms with Gasteiger partial charge in [0, 0.05) is 23.0 Å². The third kappa shape index (κ3) is 6.53. The molecule has 0 aliphatic carbocycles. The SMILES string of the molecule is CC(C)N(CCCNC(C)(C)C)Cc1cccs1. The molecule has 0 unspecified atom stereocenters. The Morgan fingerprint density at radius 2 is 2.06 bits per heavy atom. The minimum Gasteiger partial charge on any atom is -0.312 e. The molecule has 1 rings (SSSR count). The maximum atomic E-state index is 3.55. The molecule has 0 saturated carbocycles. The molecule has 0 atom stereocenters. The quantitative estimate of drug-likeness (QED) is 0.758. The molecule has 0 bridgehead atoms. The van der Waals surface area contributed by atoms with E-state index in [9.17, 15) is 0 Å². The van der Waals surface area contributed by atoms with E-state index in [4.69, 9.17) is 0 Å². The Morgan fingerprint density at radius 3 is 2.56 bits per heavy atom. The van der Waals surface area contributed by atoms with Gasteiger partial charge in [-0.25, -0.2) is 0 Å². The Balaban J connectivity index is 2.30. The molecule has 0 fully saturated rings. The highest BCUT2D eigenvalue weighted by Gasteiger charge is 2.12. The van der Waals surface area contributed by atoms with E-state index in [2.05, 4.69) is 62.3 Å². The minimum absolute atomic E-state index is 0.233. The highest BCUT2D eigenvalue weighted by atomic mass is 32.1. The van der Waals surface area contributed by atoms with Crippen molar-refractivity contribution in [2.24, 2.45) is 0 Å². The van der Waals surface area contributed by atoms with Crippen LogP contribution in [-0.2, 0) is 6.54 Å². The van der Waals surface area contributed by atoms with E-state index in [-0.39, 0.29) is 5.54 Å². The maximum absolute atomic E-state index is 3.55. The fourth-order valence-electron chi connectivity index (χ4n) is 1.87. The maximum Gasteiger partial charge on any atom is 0.0330 e. The summed E-state index contributed by atoms with van der Waals surface area (Å²) >= 11 is 1.85. The van der Waals surface area contributed by atoms with Gasteiger partial charge in [-0.3, -0.25) is 4.90 Å². The average Bonchev–Trinajstić information content (AvgIpc) is 2.73. The van der Waals surface area contributed by atoms with Crippen LogP contribution in [0.15, 0.2) is 17.5 Å². The molecule has 18 heavy (non-hydrogen) atoms. The standard InChI is InChI=1S/C15H28N2S/c1-13(2)17(12-14-8-6-11-18-14)10-7-9-16-15(3,4)5/h6,8,11,13,16H,7,9-10,12H2,1-5H3. The van der Waals surface area contributed by atoms with Gasteiger partial charge in [0.1, 0.15) is 0 Å². The van der Waals surface area contributed by atoms with Crippen molar-refractivity contribution in [3.05, 3.63) is 22.4 Å². The Morgan fingerprint density at radius 1 is 1.33 bits per heavy atom. The minimum atomic E-state index is 0.233. The molecule has 104 valence electrons. The summed E-state index contributed by atoms with van der Waals surface area (Å²) in [4.78, 5) is 4.02. The largest absolute Gasteiger partial charge is 0.312 e. The second kappa shape index (κ2) is 7.27. The van der Waals surface area contributed by atoms with E-state index in [1.54, 1.807) is 0 Å². The summed E-state index contributed by atoms with van der Waals surface area (Å²) in [5.41, 5.74) is 0.233. The Kier molecular flexibility index (Phi) is 6.33. The number of nitrogens with one attached hydrogen (secondary N) is 1. The predicted molar refractivity (Wildman–Crippen MR) is 82.2 cm³/mol. The molecule has 2 nitrogen and oxygen atoms in total. The first-order valence-corrected chi connectivity index (χ1v) is 7.78. The average molecular weight is 268 g/mol. The first-order chi connectivity index (χ1) is 8.38. The molecule has 1 heterocycles. The molecule has 1 aromatic heterocycles. The van der Waals surface area contributed by atoms with Crippen LogP contribution >= 0.6 is 11.3 Å². The van der Waals surface area contributed by atoms with Crippen LogP contribution in [-0.4, -0.2) is 29.6 Å². The number of rotatable bonds is 7.